The van der Waals surface area contributed by atoms with Gasteiger partial charge < -0.3 is 5.32 Å². The molecule has 0 bridgehead atoms. The summed E-state index contributed by atoms with van der Waals surface area (Å²) in [6, 6.07) is 16.6. The third kappa shape index (κ3) is 3.65. The average Bonchev–Trinajstić information content (AvgIpc) is 2.96. The molecule has 0 aliphatic carbocycles. The number of rotatable bonds is 5. The Hall–Kier alpha value is -3.22. The first kappa shape index (κ1) is 16.6. The highest BCUT2D eigenvalue weighted by Gasteiger charge is 2.15. The number of aryl methyl sites for hydroxylation is 1. The number of tetrazole rings is 1. The Labute approximate surface area is 144 Å². The van der Waals surface area contributed by atoms with Crippen LogP contribution in [0.25, 0.3) is 5.69 Å². The van der Waals surface area contributed by atoms with Gasteiger partial charge in [-0.1, -0.05) is 42.5 Å². The van der Waals surface area contributed by atoms with Crippen molar-refractivity contribution in [2.45, 2.75) is 26.4 Å². The number of hydrogen-bond acceptors (Lipinski definition) is 4. The Balaban J connectivity index is 1.71. The normalized spacial score (nSPS) is 11.9. The maximum atomic E-state index is 12.3. The van der Waals surface area contributed by atoms with E-state index in [-0.39, 0.29) is 18.5 Å². The van der Waals surface area contributed by atoms with Gasteiger partial charge in [0.05, 0.1) is 11.7 Å². The summed E-state index contributed by atoms with van der Waals surface area (Å²) in [6.45, 7) is 3.72. The molecule has 0 fully saturated rings. The van der Waals surface area contributed by atoms with E-state index >= 15 is 0 Å². The molecule has 128 valence electrons. The van der Waals surface area contributed by atoms with Gasteiger partial charge >= 0.3 is 5.69 Å². The second-order valence-corrected chi connectivity index (χ2v) is 5.81. The lowest BCUT2D eigenvalue weighted by atomic mass is 10.0. The number of carbonyl (C=O) groups excluding carboxylic acids is 1. The minimum atomic E-state index is -0.454. The van der Waals surface area contributed by atoms with Crippen LogP contribution in [0.3, 0.4) is 0 Å². The molecular weight excluding hydrogens is 318 g/mol. The predicted octanol–water partition coefficient (Wildman–Crippen LogP) is 1.61. The minimum absolute atomic E-state index is 0.159. The van der Waals surface area contributed by atoms with Crippen molar-refractivity contribution in [2.75, 3.05) is 0 Å². The maximum absolute atomic E-state index is 12.3. The number of amides is 1. The molecule has 1 aromatic heterocycles. The first-order chi connectivity index (χ1) is 12.1. The highest BCUT2D eigenvalue weighted by atomic mass is 16.2. The molecule has 3 aromatic rings. The number of aromatic nitrogens is 4. The minimum Gasteiger partial charge on any atom is -0.348 e. The Bertz CT molecular complexity index is 930. The molecule has 25 heavy (non-hydrogen) atoms. The van der Waals surface area contributed by atoms with Crippen molar-refractivity contribution in [1.29, 1.82) is 0 Å². The van der Waals surface area contributed by atoms with Gasteiger partial charge in [0.1, 0.15) is 6.54 Å². The Morgan fingerprint density at radius 3 is 2.48 bits per heavy atom. The van der Waals surface area contributed by atoms with E-state index in [0.29, 0.717) is 5.69 Å². The molecule has 1 atom stereocenters. The summed E-state index contributed by atoms with van der Waals surface area (Å²) in [5.74, 6) is -0.294. The molecule has 7 nitrogen and oxygen atoms in total. The Morgan fingerprint density at radius 1 is 1.08 bits per heavy atom. The molecule has 3 rings (SSSR count). The predicted molar refractivity (Wildman–Crippen MR) is 93.4 cm³/mol. The lowest BCUT2D eigenvalue weighted by Crippen LogP contribution is -2.35. The van der Waals surface area contributed by atoms with Crippen molar-refractivity contribution < 1.29 is 4.79 Å². The highest BCUT2D eigenvalue weighted by Crippen LogP contribution is 2.16. The van der Waals surface area contributed by atoms with E-state index in [0.717, 1.165) is 20.5 Å². The summed E-state index contributed by atoms with van der Waals surface area (Å²) >= 11 is 0. The zero-order valence-electron chi connectivity index (χ0n) is 14.1. The topological polar surface area (TPSA) is 81.8 Å². The first-order valence-electron chi connectivity index (χ1n) is 7.99. The Kier molecular flexibility index (Phi) is 4.74. The standard InChI is InChI=1S/C18H19N5O2/c1-13-8-6-7-11-16(13)14(2)19-17(24)12-22-18(25)23(21-20-22)15-9-4-3-5-10-15/h3-11,14H,12H2,1-2H3,(H,19,24)/t14-/m0/s1. The molecule has 7 heteroatoms. The van der Waals surface area contributed by atoms with Crippen molar-refractivity contribution in [3.8, 4) is 5.69 Å². The summed E-state index contributed by atoms with van der Waals surface area (Å²) in [7, 11) is 0. The first-order valence-corrected chi connectivity index (χ1v) is 7.99. The Morgan fingerprint density at radius 2 is 1.76 bits per heavy atom. The fraction of sp³-hybridized carbons (Fsp3) is 0.222. The van der Waals surface area contributed by atoms with E-state index in [4.69, 9.17) is 0 Å². The molecule has 1 N–H and O–H groups in total. The summed E-state index contributed by atoms with van der Waals surface area (Å²) in [4.78, 5) is 24.6. The molecule has 0 radical (unpaired) electrons. The highest BCUT2D eigenvalue weighted by molar-refractivity contribution is 5.76. The maximum Gasteiger partial charge on any atom is 0.368 e. The SMILES string of the molecule is Cc1ccccc1[C@H](C)NC(=O)Cn1nnn(-c2ccccc2)c1=O. The van der Waals surface area contributed by atoms with Gasteiger partial charge in [-0.05, 0) is 47.5 Å². The zero-order valence-corrected chi connectivity index (χ0v) is 14.1. The van der Waals surface area contributed by atoms with Crippen LogP contribution in [0.15, 0.2) is 59.4 Å². The molecule has 1 heterocycles. The van der Waals surface area contributed by atoms with Crippen LogP contribution in [-0.4, -0.2) is 25.7 Å². The molecule has 0 unspecified atom stereocenters. The van der Waals surface area contributed by atoms with E-state index in [9.17, 15) is 9.59 Å². The monoisotopic (exact) mass is 337 g/mol. The smallest absolute Gasteiger partial charge is 0.348 e. The van der Waals surface area contributed by atoms with Crippen LogP contribution in [0, 0.1) is 6.92 Å². The molecule has 2 aromatic carbocycles. The second kappa shape index (κ2) is 7.12. The third-order valence-corrected chi connectivity index (χ3v) is 3.97. The van der Waals surface area contributed by atoms with Crippen LogP contribution >= 0.6 is 0 Å². The number of para-hydroxylation sites is 1. The largest absolute Gasteiger partial charge is 0.368 e. The number of nitrogens with zero attached hydrogens (tertiary/aromatic N) is 4. The number of nitrogens with one attached hydrogen (secondary N) is 1. The van der Waals surface area contributed by atoms with Crippen LogP contribution in [0.5, 0.6) is 0 Å². The molecule has 0 aliphatic rings. The van der Waals surface area contributed by atoms with Crippen molar-refractivity contribution in [3.63, 3.8) is 0 Å². The van der Waals surface area contributed by atoms with Crippen LogP contribution < -0.4 is 11.0 Å². The third-order valence-electron chi connectivity index (χ3n) is 3.97. The van der Waals surface area contributed by atoms with Crippen LogP contribution in [0.4, 0.5) is 0 Å². The lowest BCUT2D eigenvalue weighted by molar-refractivity contribution is -0.122. The van der Waals surface area contributed by atoms with E-state index in [2.05, 4.69) is 15.7 Å². The fourth-order valence-electron chi connectivity index (χ4n) is 2.68. The molecular formula is C18H19N5O2. The van der Waals surface area contributed by atoms with Crippen LogP contribution in [0.1, 0.15) is 24.1 Å². The van der Waals surface area contributed by atoms with Crippen molar-refractivity contribution >= 4 is 5.91 Å². The van der Waals surface area contributed by atoms with E-state index in [1.807, 2.05) is 44.2 Å². The van der Waals surface area contributed by atoms with Crippen LogP contribution in [-0.2, 0) is 11.3 Å². The van der Waals surface area contributed by atoms with Crippen molar-refractivity contribution in [2.24, 2.45) is 0 Å². The van der Waals surface area contributed by atoms with Gasteiger partial charge in [-0.2, -0.15) is 9.36 Å². The quantitative estimate of drug-likeness (QED) is 0.767. The van der Waals surface area contributed by atoms with Crippen molar-refractivity contribution in [3.05, 3.63) is 76.2 Å². The fourth-order valence-corrected chi connectivity index (χ4v) is 2.68. The van der Waals surface area contributed by atoms with Gasteiger partial charge in [-0.15, -0.1) is 0 Å². The summed E-state index contributed by atoms with van der Waals surface area (Å²) in [5, 5.41) is 10.5. The molecule has 0 saturated carbocycles. The van der Waals surface area contributed by atoms with Gasteiger partial charge in [0.15, 0.2) is 0 Å². The summed E-state index contributed by atoms with van der Waals surface area (Å²) < 4.78 is 2.21. The lowest BCUT2D eigenvalue weighted by Gasteiger charge is -2.16. The van der Waals surface area contributed by atoms with E-state index < -0.39 is 5.69 Å². The van der Waals surface area contributed by atoms with Crippen molar-refractivity contribution in [1.82, 2.24) is 25.1 Å². The number of benzene rings is 2. The van der Waals surface area contributed by atoms with E-state index in [1.54, 1.807) is 24.3 Å². The number of carbonyl (C=O) groups is 1. The van der Waals surface area contributed by atoms with Gasteiger partial charge in [0, 0.05) is 0 Å². The second-order valence-electron chi connectivity index (χ2n) is 5.81. The molecule has 0 spiro atoms. The van der Waals surface area contributed by atoms with Gasteiger partial charge in [0.25, 0.3) is 0 Å². The van der Waals surface area contributed by atoms with Gasteiger partial charge in [-0.3, -0.25) is 4.79 Å². The molecule has 0 aliphatic heterocycles. The van der Waals surface area contributed by atoms with Gasteiger partial charge in [0.2, 0.25) is 5.91 Å². The average molecular weight is 337 g/mol. The summed E-state index contributed by atoms with van der Waals surface area (Å²) in [6.07, 6.45) is 0. The van der Waals surface area contributed by atoms with Gasteiger partial charge in [-0.25, -0.2) is 4.79 Å². The van der Waals surface area contributed by atoms with Crippen LogP contribution in [0.2, 0.25) is 0 Å². The molecule has 0 saturated heterocycles. The summed E-state index contributed by atoms with van der Waals surface area (Å²) in [5.41, 5.74) is 2.29. The van der Waals surface area contributed by atoms with E-state index in [1.165, 1.54) is 0 Å². The zero-order chi connectivity index (χ0) is 17.8. The molecule has 1 amide bonds. The number of hydrogen-bond donors (Lipinski definition) is 1.